The van der Waals surface area contributed by atoms with Gasteiger partial charge in [0.1, 0.15) is 12.6 Å². The third-order valence-corrected chi connectivity index (χ3v) is 8.54. The normalized spacial score (nSPS) is 12.8. The van der Waals surface area contributed by atoms with Crippen LogP contribution >= 0.6 is 27.5 Å². The highest BCUT2D eigenvalue weighted by molar-refractivity contribution is 9.10. The Balaban J connectivity index is 2.08. The van der Waals surface area contributed by atoms with Crippen molar-refractivity contribution in [2.24, 2.45) is 0 Å². The summed E-state index contributed by atoms with van der Waals surface area (Å²) >= 11 is 9.87. The Morgan fingerprint density at radius 2 is 1.59 bits per heavy atom. The van der Waals surface area contributed by atoms with Crippen molar-refractivity contribution in [1.29, 1.82) is 0 Å². The predicted molar refractivity (Wildman–Crippen MR) is 160 cm³/mol. The van der Waals surface area contributed by atoms with Gasteiger partial charge in [-0.25, -0.2) is 8.42 Å². The number of halogens is 2. The molecule has 3 aromatic rings. The van der Waals surface area contributed by atoms with Crippen molar-refractivity contribution >= 4 is 55.1 Å². The maximum atomic E-state index is 14.1. The Morgan fingerprint density at radius 3 is 2.21 bits per heavy atom. The Morgan fingerprint density at radius 1 is 0.974 bits per heavy atom. The van der Waals surface area contributed by atoms with Crippen LogP contribution in [0.15, 0.2) is 83.3 Å². The maximum absolute atomic E-state index is 14.1. The van der Waals surface area contributed by atoms with Crippen molar-refractivity contribution < 1.29 is 18.0 Å². The lowest BCUT2D eigenvalue weighted by molar-refractivity contribution is -0.140. The molecule has 208 valence electrons. The molecule has 0 aliphatic rings. The Bertz CT molecular complexity index is 1390. The number of anilines is 1. The fraction of sp³-hybridized carbons (Fsp3) is 0.310. The highest BCUT2D eigenvalue weighted by atomic mass is 79.9. The Hall–Kier alpha value is -2.88. The number of hydrogen-bond acceptors (Lipinski definition) is 4. The molecule has 3 rings (SSSR count). The van der Waals surface area contributed by atoms with Crippen LogP contribution in [0.3, 0.4) is 0 Å². The SMILES string of the molecule is CC[C@H](C)NC(=O)[C@H](Cc1ccccc1)N(Cc1ccccc1Cl)C(=O)CN(c1ccccc1Br)S(C)(=O)=O. The van der Waals surface area contributed by atoms with Crippen LogP contribution in [-0.4, -0.2) is 50.0 Å². The van der Waals surface area contributed by atoms with Gasteiger partial charge in [-0.1, -0.05) is 79.2 Å². The quantitative estimate of drug-likeness (QED) is 0.288. The summed E-state index contributed by atoms with van der Waals surface area (Å²) in [5.74, 6) is -0.850. The zero-order valence-electron chi connectivity index (χ0n) is 22.2. The monoisotopic (exact) mass is 633 g/mol. The minimum Gasteiger partial charge on any atom is -0.352 e. The molecule has 1 N–H and O–H groups in total. The Labute approximate surface area is 244 Å². The molecule has 3 aromatic carbocycles. The van der Waals surface area contributed by atoms with Gasteiger partial charge in [-0.3, -0.25) is 13.9 Å². The molecular weight excluding hydrogens is 602 g/mol. The number of benzene rings is 3. The van der Waals surface area contributed by atoms with E-state index in [-0.39, 0.29) is 24.9 Å². The second-order valence-corrected chi connectivity index (χ2v) is 12.5. The second kappa shape index (κ2) is 14.0. The summed E-state index contributed by atoms with van der Waals surface area (Å²) in [4.78, 5) is 29.2. The van der Waals surface area contributed by atoms with Gasteiger partial charge in [-0.15, -0.1) is 0 Å². The van der Waals surface area contributed by atoms with Gasteiger partial charge in [0.25, 0.3) is 0 Å². The summed E-state index contributed by atoms with van der Waals surface area (Å²) in [5.41, 5.74) is 1.84. The van der Waals surface area contributed by atoms with Crippen molar-refractivity contribution in [3.63, 3.8) is 0 Å². The molecule has 0 saturated carbocycles. The predicted octanol–water partition coefficient (Wildman–Crippen LogP) is 5.42. The topological polar surface area (TPSA) is 86.8 Å². The van der Waals surface area contributed by atoms with Crippen LogP contribution in [0.25, 0.3) is 0 Å². The van der Waals surface area contributed by atoms with Crippen LogP contribution < -0.4 is 9.62 Å². The van der Waals surface area contributed by atoms with Crippen molar-refractivity contribution in [2.45, 2.75) is 45.3 Å². The lowest BCUT2D eigenvalue weighted by atomic mass is 10.0. The number of hydrogen-bond donors (Lipinski definition) is 1. The van der Waals surface area contributed by atoms with E-state index in [0.717, 1.165) is 16.1 Å². The highest BCUT2D eigenvalue weighted by Gasteiger charge is 2.34. The minimum atomic E-state index is -3.85. The van der Waals surface area contributed by atoms with Gasteiger partial charge >= 0.3 is 0 Å². The number of carbonyl (C=O) groups excluding carboxylic acids is 2. The lowest BCUT2D eigenvalue weighted by Gasteiger charge is -2.34. The largest absolute Gasteiger partial charge is 0.352 e. The van der Waals surface area contributed by atoms with Gasteiger partial charge in [0.05, 0.1) is 11.9 Å². The number of amides is 2. The van der Waals surface area contributed by atoms with Gasteiger partial charge in [-0.05, 0) is 58.6 Å². The van der Waals surface area contributed by atoms with Gasteiger partial charge < -0.3 is 10.2 Å². The van der Waals surface area contributed by atoms with Crippen LogP contribution in [0.4, 0.5) is 5.69 Å². The molecule has 2 amide bonds. The van der Waals surface area contributed by atoms with E-state index in [1.807, 2.05) is 44.2 Å². The molecule has 0 bridgehead atoms. The molecule has 0 aliphatic carbocycles. The average Bonchev–Trinajstić information content (AvgIpc) is 2.90. The fourth-order valence-corrected chi connectivity index (χ4v) is 5.73. The third-order valence-electron chi connectivity index (χ3n) is 6.37. The molecule has 0 heterocycles. The summed E-state index contributed by atoms with van der Waals surface area (Å²) < 4.78 is 27.3. The third kappa shape index (κ3) is 8.55. The van der Waals surface area contributed by atoms with Crippen LogP contribution in [0.1, 0.15) is 31.4 Å². The Kier molecular flexibility index (Phi) is 11.0. The van der Waals surface area contributed by atoms with E-state index >= 15 is 0 Å². The van der Waals surface area contributed by atoms with E-state index in [1.165, 1.54) is 4.90 Å². The van der Waals surface area contributed by atoms with Gasteiger partial charge in [0.15, 0.2) is 0 Å². The maximum Gasteiger partial charge on any atom is 0.244 e. The van der Waals surface area contributed by atoms with Crippen LogP contribution in [-0.2, 0) is 32.6 Å². The van der Waals surface area contributed by atoms with Crippen LogP contribution in [0.2, 0.25) is 5.02 Å². The number of nitrogens with zero attached hydrogens (tertiary/aromatic N) is 2. The van der Waals surface area contributed by atoms with E-state index < -0.39 is 28.5 Å². The van der Waals surface area contributed by atoms with E-state index in [0.29, 0.717) is 27.2 Å². The average molecular weight is 635 g/mol. The van der Waals surface area contributed by atoms with Gasteiger partial charge in [0, 0.05) is 28.5 Å². The molecule has 2 atom stereocenters. The van der Waals surface area contributed by atoms with E-state index in [9.17, 15) is 18.0 Å². The molecule has 0 spiro atoms. The first kappa shape index (κ1) is 30.7. The molecule has 0 unspecified atom stereocenters. The smallest absolute Gasteiger partial charge is 0.244 e. The lowest BCUT2D eigenvalue weighted by Crippen LogP contribution is -2.54. The first-order valence-corrected chi connectivity index (χ1v) is 15.6. The van der Waals surface area contributed by atoms with Crippen molar-refractivity contribution in [1.82, 2.24) is 10.2 Å². The minimum absolute atomic E-state index is 0.0253. The molecular formula is C29H33BrClN3O4S. The first-order chi connectivity index (χ1) is 18.5. The number of para-hydroxylation sites is 1. The second-order valence-electron chi connectivity index (χ2n) is 9.36. The highest BCUT2D eigenvalue weighted by Crippen LogP contribution is 2.28. The first-order valence-electron chi connectivity index (χ1n) is 12.6. The molecule has 0 aliphatic heterocycles. The van der Waals surface area contributed by atoms with Gasteiger partial charge in [0.2, 0.25) is 21.8 Å². The van der Waals surface area contributed by atoms with E-state index in [2.05, 4.69) is 21.2 Å². The standard InChI is InChI=1S/C29H33BrClN3O4S/c1-4-21(2)32-29(36)27(18-22-12-6-5-7-13-22)33(19-23-14-8-10-16-25(23)31)28(35)20-34(39(3,37)38)26-17-11-9-15-24(26)30/h5-17,21,27H,4,18-20H2,1-3H3,(H,32,36)/t21-,27-/m0/s1. The van der Waals surface area contributed by atoms with E-state index in [4.69, 9.17) is 11.6 Å². The molecule has 0 aromatic heterocycles. The number of sulfonamides is 1. The van der Waals surface area contributed by atoms with Crippen LogP contribution in [0.5, 0.6) is 0 Å². The fourth-order valence-electron chi connectivity index (χ4n) is 4.05. The molecule has 0 radical (unpaired) electrons. The molecule has 7 nitrogen and oxygen atoms in total. The number of nitrogens with one attached hydrogen (secondary N) is 1. The van der Waals surface area contributed by atoms with E-state index in [1.54, 1.807) is 48.5 Å². The summed E-state index contributed by atoms with van der Waals surface area (Å²) in [6.45, 7) is 3.40. The molecule has 39 heavy (non-hydrogen) atoms. The van der Waals surface area contributed by atoms with Crippen molar-refractivity contribution in [2.75, 3.05) is 17.1 Å². The summed E-state index contributed by atoms with van der Waals surface area (Å²) in [6, 6.07) is 22.3. The zero-order valence-corrected chi connectivity index (χ0v) is 25.3. The number of carbonyl (C=O) groups is 2. The van der Waals surface area contributed by atoms with Crippen molar-refractivity contribution in [3.05, 3.63) is 99.5 Å². The number of rotatable bonds is 12. The van der Waals surface area contributed by atoms with Crippen molar-refractivity contribution in [3.8, 4) is 0 Å². The summed E-state index contributed by atoms with van der Waals surface area (Å²) in [6.07, 6.45) is 2.01. The molecule has 0 saturated heterocycles. The van der Waals surface area contributed by atoms with Crippen LogP contribution in [0, 0.1) is 0 Å². The molecule has 0 fully saturated rings. The zero-order chi connectivity index (χ0) is 28.6. The summed E-state index contributed by atoms with van der Waals surface area (Å²) in [5, 5.41) is 3.45. The summed E-state index contributed by atoms with van der Waals surface area (Å²) in [7, 11) is -3.85. The molecule has 10 heteroatoms. The van der Waals surface area contributed by atoms with Gasteiger partial charge in [-0.2, -0.15) is 0 Å².